The van der Waals surface area contributed by atoms with Gasteiger partial charge in [0.25, 0.3) is 0 Å². The summed E-state index contributed by atoms with van der Waals surface area (Å²) in [6.07, 6.45) is 0.565. The number of hydrogen-bond donors (Lipinski definition) is 3. The minimum absolute atomic E-state index is 0. The lowest BCUT2D eigenvalue weighted by Crippen LogP contribution is -2.39. The van der Waals surface area contributed by atoms with E-state index in [1.54, 1.807) is 32.2 Å². The Balaban J connectivity index is 0.00000364. The fourth-order valence-corrected chi connectivity index (χ4v) is 2.53. The first-order valence-corrected chi connectivity index (χ1v) is 8.22. The molecule has 0 heterocycles. The molecule has 0 saturated carbocycles. The van der Waals surface area contributed by atoms with E-state index in [4.69, 9.17) is 4.74 Å². The third kappa shape index (κ3) is 6.53. The van der Waals surface area contributed by atoms with E-state index in [1.807, 2.05) is 0 Å². The van der Waals surface area contributed by atoms with Gasteiger partial charge in [-0.25, -0.2) is 8.78 Å². The van der Waals surface area contributed by atoms with Crippen LogP contribution in [0.4, 0.5) is 8.78 Å². The predicted molar refractivity (Wildman–Crippen MR) is 113 cm³/mol. The summed E-state index contributed by atoms with van der Waals surface area (Å²) in [6.45, 7) is 2.27. The van der Waals surface area contributed by atoms with Gasteiger partial charge in [-0.1, -0.05) is 12.1 Å². The number of nitrogens with one attached hydrogen (secondary N) is 2. The third-order valence-electron chi connectivity index (χ3n) is 3.99. The summed E-state index contributed by atoms with van der Waals surface area (Å²) in [5, 5.41) is 16.1. The second-order valence-electron chi connectivity index (χ2n) is 5.78. The van der Waals surface area contributed by atoms with Gasteiger partial charge in [-0.15, -0.1) is 24.0 Å². The summed E-state index contributed by atoms with van der Waals surface area (Å²) in [7, 11) is 3.14. The minimum atomic E-state index is -0.611. The Hall–Kier alpha value is -2.10. The van der Waals surface area contributed by atoms with Crippen LogP contribution in [0.25, 0.3) is 0 Å². The van der Waals surface area contributed by atoms with Gasteiger partial charge in [0.2, 0.25) is 0 Å². The third-order valence-corrected chi connectivity index (χ3v) is 3.99. The highest BCUT2D eigenvalue weighted by Crippen LogP contribution is 2.23. The van der Waals surface area contributed by atoms with Gasteiger partial charge in [-0.3, -0.25) is 4.99 Å². The molecule has 0 spiro atoms. The van der Waals surface area contributed by atoms with Crippen LogP contribution < -0.4 is 15.4 Å². The number of aromatic hydroxyl groups is 1. The van der Waals surface area contributed by atoms with Gasteiger partial charge in [0.15, 0.2) is 5.96 Å². The molecule has 0 aromatic heterocycles. The van der Waals surface area contributed by atoms with Crippen molar-refractivity contribution in [3.8, 4) is 11.5 Å². The maximum Gasteiger partial charge on any atom is 0.191 e. The molecule has 0 radical (unpaired) electrons. The first kappa shape index (κ1) is 22.9. The molecule has 2 rings (SSSR count). The van der Waals surface area contributed by atoms with E-state index in [1.165, 1.54) is 19.2 Å². The molecule has 0 fully saturated rings. The first-order chi connectivity index (χ1) is 12.4. The number of rotatable bonds is 6. The molecule has 8 heteroatoms. The Morgan fingerprint density at radius 3 is 2.56 bits per heavy atom. The van der Waals surface area contributed by atoms with Gasteiger partial charge < -0.3 is 20.5 Å². The minimum Gasteiger partial charge on any atom is -0.508 e. The quantitative estimate of drug-likeness (QED) is 0.327. The van der Waals surface area contributed by atoms with Gasteiger partial charge in [0.1, 0.15) is 23.1 Å². The van der Waals surface area contributed by atoms with Crippen molar-refractivity contribution in [2.45, 2.75) is 19.4 Å². The Labute approximate surface area is 174 Å². The van der Waals surface area contributed by atoms with E-state index in [-0.39, 0.29) is 29.7 Å². The van der Waals surface area contributed by atoms with Crippen LogP contribution in [0.15, 0.2) is 41.4 Å². The maximum atomic E-state index is 13.9. The summed E-state index contributed by atoms with van der Waals surface area (Å²) in [6, 6.07) is 8.22. The van der Waals surface area contributed by atoms with Gasteiger partial charge >= 0.3 is 0 Å². The van der Waals surface area contributed by atoms with E-state index >= 15 is 0 Å². The average Bonchev–Trinajstić information content (AvgIpc) is 2.61. The van der Waals surface area contributed by atoms with Crippen LogP contribution in [0.1, 0.15) is 24.1 Å². The van der Waals surface area contributed by atoms with Crippen LogP contribution in [-0.4, -0.2) is 31.8 Å². The van der Waals surface area contributed by atoms with Gasteiger partial charge in [-0.05, 0) is 31.0 Å². The highest BCUT2D eigenvalue weighted by molar-refractivity contribution is 14.0. The van der Waals surface area contributed by atoms with E-state index in [0.29, 0.717) is 30.2 Å². The molecule has 0 aliphatic carbocycles. The number of phenolic OH excluding ortho intramolecular Hbond substituents is 1. The van der Waals surface area contributed by atoms with Crippen molar-refractivity contribution in [1.29, 1.82) is 0 Å². The van der Waals surface area contributed by atoms with Crippen molar-refractivity contribution in [3.05, 3.63) is 59.2 Å². The Morgan fingerprint density at radius 1 is 1.22 bits per heavy atom. The number of aliphatic imine (C=N–C) groups is 1. The van der Waals surface area contributed by atoms with E-state index in [9.17, 15) is 13.9 Å². The molecule has 2 aromatic rings. The molecular weight excluding hydrogens is 467 g/mol. The molecule has 27 heavy (non-hydrogen) atoms. The van der Waals surface area contributed by atoms with Crippen LogP contribution in [-0.2, 0) is 6.42 Å². The maximum absolute atomic E-state index is 13.9. The highest BCUT2D eigenvalue weighted by atomic mass is 127. The van der Waals surface area contributed by atoms with Gasteiger partial charge in [-0.2, -0.15) is 0 Å². The van der Waals surface area contributed by atoms with Crippen LogP contribution in [0.3, 0.4) is 0 Å². The standard InChI is InChI=1S/C19H23F2N3O2.HI/c1-12(16-7-5-14(20)10-17(16)21)24-19(22-2)23-9-8-13-4-6-15(26-3)11-18(13)25;/h4-7,10-12,25H,8-9H2,1-3H3,(H2,22,23,24);1H. The highest BCUT2D eigenvalue weighted by Gasteiger charge is 2.13. The van der Waals surface area contributed by atoms with E-state index in [2.05, 4.69) is 15.6 Å². The van der Waals surface area contributed by atoms with Gasteiger partial charge in [0, 0.05) is 31.3 Å². The summed E-state index contributed by atoms with van der Waals surface area (Å²) < 4.78 is 31.9. The van der Waals surface area contributed by atoms with Crippen molar-refractivity contribution >= 4 is 29.9 Å². The molecule has 0 aliphatic heterocycles. The molecular formula is C19H24F2IN3O2. The smallest absolute Gasteiger partial charge is 0.191 e. The zero-order chi connectivity index (χ0) is 19.1. The zero-order valence-corrected chi connectivity index (χ0v) is 17.8. The summed E-state index contributed by atoms with van der Waals surface area (Å²) in [5.41, 5.74) is 1.12. The Kier molecular flexibility index (Phi) is 9.27. The Bertz CT molecular complexity index is 788. The molecule has 3 N–H and O–H groups in total. The molecule has 0 bridgehead atoms. The number of phenols is 1. The topological polar surface area (TPSA) is 65.9 Å². The molecule has 1 atom stereocenters. The fourth-order valence-electron chi connectivity index (χ4n) is 2.53. The van der Waals surface area contributed by atoms with Crippen LogP contribution >= 0.6 is 24.0 Å². The number of ether oxygens (including phenoxy) is 1. The summed E-state index contributed by atoms with van der Waals surface area (Å²) in [4.78, 5) is 4.10. The average molecular weight is 491 g/mol. The lowest BCUT2D eigenvalue weighted by Gasteiger charge is -2.19. The lowest BCUT2D eigenvalue weighted by atomic mass is 10.1. The largest absolute Gasteiger partial charge is 0.508 e. The van der Waals surface area contributed by atoms with Crippen molar-refractivity contribution in [1.82, 2.24) is 10.6 Å². The molecule has 0 saturated heterocycles. The Morgan fingerprint density at radius 2 is 1.96 bits per heavy atom. The number of methoxy groups -OCH3 is 1. The molecule has 1 unspecified atom stereocenters. The first-order valence-electron chi connectivity index (χ1n) is 8.22. The van der Waals surface area contributed by atoms with Crippen LogP contribution in [0.2, 0.25) is 0 Å². The molecule has 0 aliphatic rings. The monoisotopic (exact) mass is 491 g/mol. The van der Waals surface area contributed by atoms with Gasteiger partial charge in [0.05, 0.1) is 13.2 Å². The predicted octanol–water partition coefficient (Wildman–Crippen LogP) is 3.77. The van der Waals surface area contributed by atoms with Crippen molar-refractivity contribution in [2.75, 3.05) is 20.7 Å². The number of benzene rings is 2. The fraction of sp³-hybridized carbons (Fsp3) is 0.316. The second-order valence-corrected chi connectivity index (χ2v) is 5.78. The number of halogens is 3. The molecule has 0 amide bonds. The molecule has 148 valence electrons. The zero-order valence-electron chi connectivity index (χ0n) is 15.4. The number of nitrogens with zero attached hydrogens (tertiary/aromatic N) is 1. The van der Waals surface area contributed by atoms with Crippen molar-refractivity contribution < 1.29 is 18.6 Å². The number of guanidine groups is 1. The van der Waals surface area contributed by atoms with Crippen molar-refractivity contribution in [3.63, 3.8) is 0 Å². The SMILES string of the molecule is CN=C(NCCc1ccc(OC)cc1O)NC(C)c1ccc(F)cc1F.I. The van der Waals surface area contributed by atoms with E-state index in [0.717, 1.165) is 11.6 Å². The normalized spacial score (nSPS) is 12.1. The van der Waals surface area contributed by atoms with Crippen LogP contribution in [0.5, 0.6) is 11.5 Å². The summed E-state index contributed by atoms with van der Waals surface area (Å²) >= 11 is 0. The van der Waals surface area contributed by atoms with Crippen LogP contribution in [0, 0.1) is 11.6 Å². The molecule has 5 nitrogen and oxygen atoms in total. The lowest BCUT2D eigenvalue weighted by molar-refractivity contribution is 0.406. The number of hydrogen-bond acceptors (Lipinski definition) is 3. The van der Waals surface area contributed by atoms with Crippen molar-refractivity contribution in [2.24, 2.45) is 4.99 Å². The summed E-state index contributed by atoms with van der Waals surface area (Å²) in [5.74, 6) is 0.0146. The molecule has 2 aromatic carbocycles. The van der Waals surface area contributed by atoms with E-state index < -0.39 is 17.7 Å². The second kappa shape index (κ2) is 10.9.